The smallest absolute Gasteiger partial charge is 0.233 e. The Kier molecular flexibility index (Phi) is 6.44. The molecular formula is C22H24N6OS. The predicted octanol–water partition coefficient (Wildman–Crippen LogP) is 2.97. The SMILES string of the molecule is C=CCn1c(SCC(=O)N2CCN(c3ccccc3)CC2)nnc1-c1ccncc1. The third kappa shape index (κ3) is 4.54. The van der Waals surface area contributed by atoms with E-state index in [9.17, 15) is 4.79 Å². The zero-order chi connectivity index (χ0) is 20.8. The average molecular weight is 421 g/mol. The Morgan fingerprint density at radius 2 is 1.77 bits per heavy atom. The molecule has 0 radical (unpaired) electrons. The van der Waals surface area contributed by atoms with Gasteiger partial charge in [0.2, 0.25) is 5.91 Å². The molecular weight excluding hydrogens is 396 g/mol. The Morgan fingerprint density at radius 1 is 1.03 bits per heavy atom. The van der Waals surface area contributed by atoms with Gasteiger partial charge in [0.05, 0.1) is 5.75 Å². The Balaban J connectivity index is 1.36. The van der Waals surface area contributed by atoms with Crippen molar-refractivity contribution < 1.29 is 4.79 Å². The monoisotopic (exact) mass is 420 g/mol. The van der Waals surface area contributed by atoms with Crippen LogP contribution in [0.5, 0.6) is 0 Å². The highest BCUT2D eigenvalue weighted by molar-refractivity contribution is 7.99. The number of rotatable bonds is 7. The predicted molar refractivity (Wildman–Crippen MR) is 119 cm³/mol. The van der Waals surface area contributed by atoms with Crippen LogP contribution in [0.15, 0.2) is 72.7 Å². The van der Waals surface area contributed by atoms with E-state index in [1.165, 1.54) is 17.4 Å². The minimum Gasteiger partial charge on any atom is -0.368 e. The summed E-state index contributed by atoms with van der Waals surface area (Å²) < 4.78 is 1.98. The molecule has 1 aliphatic heterocycles. The van der Waals surface area contributed by atoms with Crippen molar-refractivity contribution in [2.45, 2.75) is 11.7 Å². The molecule has 0 aliphatic carbocycles. The number of anilines is 1. The van der Waals surface area contributed by atoms with Gasteiger partial charge in [-0.05, 0) is 24.3 Å². The molecule has 1 saturated heterocycles. The van der Waals surface area contributed by atoms with Crippen molar-refractivity contribution in [1.82, 2.24) is 24.6 Å². The van der Waals surface area contributed by atoms with Gasteiger partial charge in [-0.3, -0.25) is 14.3 Å². The number of para-hydroxylation sites is 1. The number of amides is 1. The van der Waals surface area contributed by atoms with E-state index in [0.29, 0.717) is 12.3 Å². The van der Waals surface area contributed by atoms with Crippen molar-refractivity contribution in [1.29, 1.82) is 0 Å². The molecule has 3 aromatic rings. The Labute approximate surface area is 180 Å². The van der Waals surface area contributed by atoms with Gasteiger partial charge in [0.1, 0.15) is 0 Å². The summed E-state index contributed by atoms with van der Waals surface area (Å²) in [6, 6.07) is 14.1. The van der Waals surface area contributed by atoms with Crippen LogP contribution >= 0.6 is 11.8 Å². The number of carbonyl (C=O) groups is 1. The lowest BCUT2D eigenvalue weighted by molar-refractivity contribution is -0.128. The van der Waals surface area contributed by atoms with Crippen LogP contribution < -0.4 is 4.90 Å². The standard InChI is InChI=1S/C22H24N6OS/c1-2-12-28-21(18-8-10-23-11-9-18)24-25-22(28)30-17-20(29)27-15-13-26(14-16-27)19-6-4-3-5-7-19/h2-11H,1,12-17H2. The van der Waals surface area contributed by atoms with Crippen molar-refractivity contribution >= 4 is 23.4 Å². The van der Waals surface area contributed by atoms with Gasteiger partial charge in [0.15, 0.2) is 11.0 Å². The molecule has 30 heavy (non-hydrogen) atoms. The van der Waals surface area contributed by atoms with E-state index < -0.39 is 0 Å². The van der Waals surface area contributed by atoms with Crippen molar-refractivity contribution in [3.8, 4) is 11.4 Å². The molecule has 2 aromatic heterocycles. The molecule has 0 bridgehead atoms. The second kappa shape index (κ2) is 9.58. The van der Waals surface area contributed by atoms with Crippen LogP contribution in [-0.4, -0.2) is 62.5 Å². The van der Waals surface area contributed by atoms with Crippen LogP contribution in [0.4, 0.5) is 5.69 Å². The molecule has 1 amide bonds. The number of carbonyl (C=O) groups excluding carboxylic acids is 1. The summed E-state index contributed by atoms with van der Waals surface area (Å²) in [5, 5.41) is 9.35. The molecule has 154 valence electrons. The quantitative estimate of drug-likeness (QED) is 0.432. The molecule has 0 spiro atoms. The molecule has 0 unspecified atom stereocenters. The first kappa shape index (κ1) is 20.2. The fourth-order valence-corrected chi connectivity index (χ4v) is 4.32. The maximum Gasteiger partial charge on any atom is 0.233 e. The maximum atomic E-state index is 12.8. The minimum atomic E-state index is 0.131. The molecule has 0 atom stereocenters. The number of nitrogens with zero attached hydrogens (tertiary/aromatic N) is 6. The topological polar surface area (TPSA) is 67.2 Å². The summed E-state index contributed by atoms with van der Waals surface area (Å²) in [4.78, 5) is 21.1. The number of benzene rings is 1. The molecule has 1 fully saturated rings. The normalized spacial score (nSPS) is 14.0. The van der Waals surface area contributed by atoms with Crippen LogP contribution in [-0.2, 0) is 11.3 Å². The van der Waals surface area contributed by atoms with Crippen molar-refractivity contribution in [3.05, 3.63) is 67.5 Å². The lowest BCUT2D eigenvalue weighted by Gasteiger charge is -2.36. The first-order valence-electron chi connectivity index (χ1n) is 9.91. The number of thioether (sulfide) groups is 1. The summed E-state index contributed by atoms with van der Waals surface area (Å²) >= 11 is 1.42. The van der Waals surface area contributed by atoms with Crippen molar-refractivity contribution in [2.24, 2.45) is 0 Å². The first-order valence-corrected chi connectivity index (χ1v) is 10.9. The highest BCUT2D eigenvalue weighted by atomic mass is 32.2. The third-order valence-corrected chi connectivity index (χ3v) is 6.00. The van der Waals surface area contributed by atoms with Crippen LogP contribution in [0.2, 0.25) is 0 Å². The molecule has 0 saturated carbocycles. The highest BCUT2D eigenvalue weighted by Gasteiger charge is 2.22. The number of allylic oxidation sites excluding steroid dienone is 1. The van der Waals surface area contributed by atoms with Crippen LogP contribution in [0.25, 0.3) is 11.4 Å². The van der Waals surface area contributed by atoms with Gasteiger partial charge in [-0.15, -0.1) is 16.8 Å². The van der Waals surface area contributed by atoms with E-state index in [2.05, 4.69) is 38.8 Å². The first-order chi connectivity index (χ1) is 14.8. The number of aromatic nitrogens is 4. The van der Waals surface area contributed by atoms with Crippen molar-refractivity contribution in [3.63, 3.8) is 0 Å². The van der Waals surface area contributed by atoms with E-state index in [4.69, 9.17) is 0 Å². The number of hydrogen-bond acceptors (Lipinski definition) is 6. The summed E-state index contributed by atoms with van der Waals surface area (Å²) in [6.45, 7) is 7.57. The molecule has 1 aromatic carbocycles. The second-order valence-corrected chi connectivity index (χ2v) is 7.88. The van der Waals surface area contributed by atoms with Gasteiger partial charge in [-0.1, -0.05) is 36.0 Å². The Bertz CT molecular complexity index is 983. The van der Waals surface area contributed by atoms with E-state index in [1.54, 1.807) is 12.4 Å². The zero-order valence-electron chi connectivity index (χ0n) is 16.7. The van der Waals surface area contributed by atoms with Gasteiger partial charge in [-0.2, -0.15) is 0 Å². The lowest BCUT2D eigenvalue weighted by atomic mass is 10.2. The lowest BCUT2D eigenvalue weighted by Crippen LogP contribution is -2.49. The average Bonchev–Trinajstić information content (AvgIpc) is 3.21. The maximum absolute atomic E-state index is 12.8. The Hall–Kier alpha value is -3.13. The van der Waals surface area contributed by atoms with E-state index >= 15 is 0 Å². The van der Waals surface area contributed by atoms with Gasteiger partial charge < -0.3 is 9.80 Å². The van der Waals surface area contributed by atoms with E-state index in [-0.39, 0.29) is 5.91 Å². The third-order valence-electron chi connectivity index (χ3n) is 5.05. The van der Waals surface area contributed by atoms with Gasteiger partial charge in [0.25, 0.3) is 0 Å². The van der Waals surface area contributed by atoms with Crippen molar-refractivity contribution in [2.75, 3.05) is 36.8 Å². The molecule has 1 aliphatic rings. The summed E-state index contributed by atoms with van der Waals surface area (Å²) in [6.07, 6.45) is 5.27. The zero-order valence-corrected chi connectivity index (χ0v) is 17.5. The largest absolute Gasteiger partial charge is 0.368 e. The van der Waals surface area contributed by atoms with Crippen LogP contribution in [0.1, 0.15) is 0 Å². The molecule has 0 N–H and O–H groups in total. The van der Waals surface area contributed by atoms with Gasteiger partial charge in [0, 0.05) is 56.4 Å². The second-order valence-electron chi connectivity index (χ2n) is 6.93. The summed E-state index contributed by atoms with van der Waals surface area (Å²) in [7, 11) is 0. The van der Waals surface area contributed by atoms with E-state index in [0.717, 1.165) is 42.7 Å². The Morgan fingerprint density at radius 3 is 2.47 bits per heavy atom. The number of piperazine rings is 1. The summed E-state index contributed by atoms with van der Waals surface area (Å²) in [5.41, 5.74) is 2.15. The fraction of sp³-hybridized carbons (Fsp3) is 0.273. The molecule has 7 nitrogen and oxygen atoms in total. The molecule has 8 heteroatoms. The van der Waals surface area contributed by atoms with Gasteiger partial charge in [-0.25, -0.2) is 0 Å². The number of hydrogen-bond donors (Lipinski definition) is 0. The minimum absolute atomic E-state index is 0.131. The van der Waals surface area contributed by atoms with E-state index in [1.807, 2.05) is 45.9 Å². The number of pyridine rings is 1. The van der Waals surface area contributed by atoms with Gasteiger partial charge >= 0.3 is 0 Å². The highest BCUT2D eigenvalue weighted by Crippen LogP contribution is 2.24. The van der Waals surface area contributed by atoms with Crippen LogP contribution in [0.3, 0.4) is 0 Å². The fourth-order valence-electron chi connectivity index (χ4n) is 3.47. The van der Waals surface area contributed by atoms with Crippen LogP contribution in [0, 0.1) is 0 Å². The summed E-state index contributed by atoms with van der Waals surface area (Å²) in [5.74, 6) is 1.23. The molecule has 3 heterocycles. The molecule has 4 rings (SSSR count).